The number of rotatable bonds is 5. The highest BCUT2D eigenvalue weighted by Gasteiger charge is 2.19. The zero-order valence-corrected chi connectivity index (χ0v) is 15.8. The van der Waals surface area contributed by atoms with Crippen molar-refractivity contribution in [2.45, 2.75) is 19.9 Å². The largest absolute Gasteiger partial charge is 0.349 e. The van der Waals surface area contributed by atoms with Crippen LogP contribution in [0.4, 0.5) is 0 Å². The predicted octanol–water partition coefficient (Wildman–Crippen LogP) is 3.74. The Kier molecular flexibility index (Phi) is 5.11. The molecule has 0 radical (unpaired) electrons. The van der Waals surface area contributed by atoms with Crippen LogP contribution in [0.5, 0.6) is 0 Å². The third-order valence-corrected chi connectivity index (χ3v) is 5.04. The Bertz CT molecular complexity index is 844. The van der Waals surface area contributed by atoms with Crippen molar-refractivity contribution in [2.75, 3.05) is 6.54 Å². The first-order chi connectivity index (χ1) is 11.5. The topological polar surface area (TPSA) is 59.8 Å². The molecule has 0 aromatic carbocycles. The Labute approximate surface area is 152 Å². The maximum absolute atomic E-state index is 12.4. The third kappa shape index (κ3) is 3.73. The number of aromatic nitrogens is 3. The SMILES string of the molecule is Cc1cc(C)n([C@@H](CNC(=O)c2cncc(Br)c2)c2cccs2)n1. The monoisotopic (exact) mass is 404 g/mol. The minimum absolute atomic E-state index is 0.0252. The van der Waals surface area contributed by atoms with E-state index in [4.69, 9.17) is 0 Å². The summed E-state index contributed by atoms with van der Waals surface area (Å²) in [4.78, 5) is 17.6. The Morgan fingerprint density at radius 2 is 2.21 bits per heavy atom. The van der Waals surface area contributed by atoms with Crippen LogP contribution in [-0.4, -0.2) is 27.2 Å². The lowest BCUT2D eigenvalue weighted by Crippen LogP contribution is -2.32. The number of thiophene rings is 1. The van der Waals surface area contributed by atoms with Crippen LogP contribution in [0.2, 0.25) is 0 Å². The number of hydrogen-bond donors (Lipinski definition) is 1. The normalized spacial score (nSPS) is 12.1. The number of nitrogens with zero attached hydrogens (tertiary/aromatic N) is 3. The molecule has 0 unspecified atom stereocenters. The number of pyridine rings is 1. The summed E-state index contributed by atoms with van der Waals surface area (Å²) < 4.78 is 2.75. The summed E-state index contributed by atoms with van der Waals surface area (Å²) in [6, 6.07) is 7.85. The molecule has 0 aliphatic carbocycles. The van der Waals surface area contributed by atoms with Crippen molar-refractivity contribution in [3.05, 3.63) is 68.3 Å². The van der Waals surface area contributed by atoms with Gasteiger partial charge in [-0.2, -0.15) is 5.10 Å². The van der Waals surface area contributed by atoms with E-state index in [-0.39, 0.29) is 11.9 Å². The summed E-state index contributed by atoms with van der Waals surface area (Å²) in [6.45, 7) is 4.47. The van der Waals surface area contributed by atoms with Crippen LogP contribution in [0.15, 0.2) is 46.5 Å². The van der Waals surface area contributed by atoms with Crippen molar-refractivity contribution >= 4 is 33.2 Å². The summed E-state index contributed by atoms with van der Waals surface area (Å²) in [5.74, 6) is -0.146. The highest BCUT2D eigenvalue weighted by atomic mass is 79.9. The van der Waals surface area contributed by atoms with E-state index in [2.05, 4.69) is 37.4 Å². The molecule has 3 aromatic heterocycles. The Morgan fingerprint density at radius 3 is 2.83 bits per heavy atom. The average Bonchev–Trinajstić information content (AvgIpc) is 3.18. The first kappa shape index (κ1) is 16.9. The maximum atomic E-state index is 12.4. The molecule has 1 N–H and O–H groups in total. The van der Waals surface area contributed by atoms with E-state index in [1.54, 1.807) is 29.8 Å². The molecular formula is C17H17BrN4OS. The second kappa shape index (κ2) is 7.27. The molecule has 0 aliphatic heterocycles. The fourth-order valence-electron chi connectivity index (χ4n) is 2.58. The first-order valence-corrected chi connectivity index (χ1v) is 9.17. The van der Waals surface area contributed by atoms with Gasteiger partial charge in [0, 0.05) is 34.0 Å². The molecule has 24 heavy (non-hydrogen) atoms. The Balaban J connectivity index is 1.80. The van der Waals surface area contributed by atoms with E-state index in [1.807, 2.05) is 36.0 Å². The second-order valence-electron chi connectivity index (χ2n) is 5.50. The molecule has 0 saturated carbocycles. The molecule has 0 fully saturated rings. The lowest BCUT2D eigenvalue weighted by molar-refractivity contribution is 0.0949. The lowest BCUT2D eigenvalue weighted by Gasteiger charge is -2.19. The van der Waals surface area contributed by atoms with Crippen LogP contribution in [0.1, 0.15) is 32.7 Å². The molecule has 1 amide bonds. The van der Waals surface area contributed by atoms with Crippen LogP contribution >= 0.6 is 27.3 Å². The molecule has 1 atom stereocenters. The molecule has 0 bridgehead atoms. The van der Waals surface area contributed by atoms with Crippen molar-refractivity contribution in [2.24, 2.45) is 0 Å². The fraction of sp³-hybridized carbons (Fsp3) is 0.235. The number of halogens is 1. The third-order valence-electron chi connectivity index (χ3n) is 3.63. The number of hydrogen-bond acceptors (Lipinski definition) is 4. The van der Waals surface area contributed by atoms with E-state index < -0.39 is 0 Å². The van der Waals surface area contributed by atoms with Gasteiger partial charge in [-0.1, -0.05) is 6.07 Å². The standard InChI is InChI=1S/C17H17BrN4OS/c1-11-6-12(2)22(21-11)15(16-4-3-5-24-16)10-20-17(23)13-7-14(18)9-19-8-13/h3-9,15H,10H2,1-2H3,(H,20,23)/t15-/m0/s1. The number of nitrogens with one attached hydrogen (secondary N) is 1. The van der Waals surface area contributed by atoms with Crippen molar-refractivity contribution in [3.8, 4) is 0 Å². The lowest BCUT2D eigenvalue weighted by atomic mass is 10.2. The van der Waals surface area contributed by atoms with Crippen molar-refractivity contribution < 1.29 is 4.79 Å². The summed E-state index contributed by atoms with van der Waals surface area (Å²) in [5, 5.41) is 9.61. The number of amides is 1. The van der Waals surface area contributed by atoms with Crippen molar-refractivity contribution in [3.63, 3.8) is 0 Å². The van der Waals surface area contributed by atoms with Gasteiger partial charge < -0.3 is 5.32 Å². The van der Waals surface area contributed by atoms with Gasteiger partial charge in [-0.05, 0) is 53.4 Å². The van der Waals surface area contributed by atoms with Gasteiger partial charge in [0.25, 0.3) is 5.91 Å². The van der Waals surface area contributed by atoms with E-state index in [0.717, 1.165) is 20.7 Å². The van der Waals surface area contributed by atoms with Gasteiger partial charge in [0.2, 0.25) is 0 Å². The van der Waals surface area contributed by atoms with Crippen LogP contribution in [0.3, 0.4) is 0 Å². The van der Waals surface area contributed by atoms with Gasteiger partial charge in [-0.3, -0.25) is 14.5 Å². The molecule has 3 rings (SSSR count). The smallest absolute Gasteiger partial charge is 0.252 e. The second-order valence-corrected chi connectivity index (χ2v) is 7.40. The molecule has 0 aliphatic rings. The van der Waals surface area contributed by atoms with Gasteiger partial charge in [0.05, 0.1) is 11.3 Å². The summed E-state index contributed by atoms with van der Waals surface area (Å²) >= 11 is 5.00. The van der Waals surface area contributed by atoms with Crippen LogP contribution in [-0.2, 0) is 0 Å². The first-order valence-electron chi connectivity index (χ1n) is 7.49. The molecule has 5 nitrogen and oxygen atoms in total. The number of aryl methyl sites for hydroxylation is 2. The van der Waals surface area contributed by atoms with Crippen LogP contribution < -0.4 is 5.32 Å². The zero-order chi connectivity index (χ0) is 17.1. The molecule has 0 spiro atoms. The minimum Gasteiger partial charge on any atom is -0.349 e. The molecule has 3 aromatic rings. The molecule has 0 saturated heterocycles. The van der Waals surface area contributed by atoms with Crippen LogP contribution in [0, 0.1) is 13.8 Å². The number of carbonyl (C=O) groups excluding carboxylic acids is 1. The van der Waals surface area contributed by atoms with E-state index >= 15 is 0 Å². The van der Waals surface area contributed by atoms with E-state index in [9.17, 15) is 4.79 Å². The Hall–Kier alpha value is -1.99. The summed E-state index contributed by atoms with van der Waals surface area (Å²) in [6.07, 6.45) is 3.21. The van der Waals surface area contributed by atoms with Crippen LogP contribution in [0.25, 0.3) is 0 Å². The van der Waals surface area contributed by atoms with Gasteiger partial charge in [0.1, 0.15) is 6.04 Å². The summed E-state index contributed by atoms with van der Waals surface area (Å²) in [5.41, 5.74) is 2.57. The van der Waals surface area contributed by atoms with Gasteiger partial charge in [0.15, 0.2) is 0 Å². The number of carbonyl (C=O) groups is 1. The zero-order valence-electron chi connectivity index (χ0n) is 13.4. The maximum Gasteiger partial charge on any atom is 0.252 e. The molecule has 124 valence electrons. The highest BCUT2D eigenvalue weighted by molar-refractivity contribution is 9.10. The molecule has 3 heterocycles. The quantitative estimate of drug-likeness (QED) is 0.704. The van der Waals surface area contributed by atoms with Gasteiger partial charge in [-0.15, -0.1) is 11.3 Å². The van der Waals surface area contributed by atoms with Gasteiger partial charge >= 0.3 is 0 Å². The van der Waals surface area contributed by atoms with E-state index in [0.29, 0.717) is 12.1 Å². The Morgan fingerprint density at radius 1 is 1.38 bits per heavy atom. The summed E-state index contributed by atoms with van der Waals surface area (Å²) in [7, 11) is 0. The molecular weight excluding hydrogens is 388 g/mol. The average molecular weight is 405 g/mol. The van der Waals surface area contributed by atoms with Crippen molar-refractivity contribution in [1.82, 2.24) is 20.1 Å². The van der Waals surface area contributed by atoms with Crippen molar-refractivity contribution in [1.29, 1.82) is 0 Å². The molecule has 7 heteroatoms. The minimum atomic E-state index is -0.146. The van der Waals surface area contributed by atoms with Gasteiger partial charge in [-0.25, -0.2) is 0 Å². The predicted molar refractivity (Wildman–Crippen MR) is 98.4 cm³/mol. The fourth-order valence-corrected chi connectivity index (χ4v) is 3.75. The van der Waals surface area contributed by atoms with E-state index in [1.165, 1.54) is 0 Å². The highest BCUT2D eigenvalue weighted by Crippen LogP contribution is 2.24.